The zero-order valence-electron chi connectivity index (χ0n) is 34.0. The smallest absolute Gasteiger partial charge is 0.262 e. The van der Waals surface area contributed by atoms with E-state index in [2.05, 4.69) is 48.7 Å². The first-order valence-corrected chi connectivity index (χ1v) is 21.5. The lowest BCUT2D eigenvalue weighted by molar-refractivity contribution is -0.132. The highest BCUT2D eigenvalue weighted by molar-refractivity contribution is 6.24. The van der Waals surface area contributed by atoms with E-state index < -0.39 is 17.9 Å². The minimum atomic E-state index is -0.852. The van der Waals surface area contributed by atoms with E-state index in [0.29, 0.717) is 22.7 Å². The number of likely N-dealkylation sites (tertiary alicyclic amines) is 1. The minimum absolute atomic E-state index is 0.126. The van der Waals surface area contributed by atoms with Gasteiger partial charge in [-0.15, -0.1) is 0 Å². The Morgan fingerprint density at radius 1 is 0.712 bits per heavy atom. The molecule has 4 saturated heterocycles. The van der Waals surface area contributed by atoms with Gasteiger partial charge in [0.2, 0.25) is 0 Å². The number of anilines is 3. The Hall–Kier alpha value is -5.54. The summed E-state index contributed by atoms with van der Waals surface area (Å²) in [5.74, 6) is -0.643. The van der Waals surface area contributed by atoms with Gasteiger partial charge in [-0.1, -0.05) is 6.07 Å². The Morgan fingerprint density at radius 2 is 1.36 bits per heavy atom. The maximum absolute atomic E-state index is 13.6. The third-order valence-corrected chi connectivity index (χ3v) is 14.2. The quantitative estimate of drug-likeness (QED) is 0.162. The summed E-state index contributed by atoms with van der Waals surface area (Å²) in [6, 6.07) is 19.0. The van der Waals surface area contributed by atoms with Crippen molar-refractivity contribution in [1.82, 2.24) is 14.7 Å². The van der Waals surface area contributed by atoms with Crippen LogP contribution in [0.5, 0.6) is 0 Å². The predicted octanol–water partition coefficient (Wildman–Crippen LogP) is 6.00. The van der Waals surface area contributed by atoms with Crippen LogP contribution in [-0.2, 0) is 9.59 Å². The van der Waals surface area contributed by atoms with E-state index >= 15 is 0 Å². The summed E-state index contributed by atoms with van der Waals surface area (Å²) in [4.78, 5) is 80.9. The highest BCUT2D eigenvalue weighted by atomic mass is 16.2. The summed E-state index contributed by atoms with van der Waals surface area (Å²) >= 11 is 0. The van der Waals surface area contributed by atoms with E-state index in [1.165, 1.54) is 5.69 Å². The number of aryl methyl sites for hydroxylation is 1. The SMILES string of the molecule is [C-]#[N+]c1ccc(N2CCC3(CCN(C(=O)c4ccc(N5CCN(CC6CCN(c7ccc8c(c7)C(=O)N(C7CCC(=O)CC7=O)C8=O)CC6)CC5)cc4)CC3)C2)cc1C. The lowest BCUT2D eigenvalue weighted by Gasteiger charge is -2.40. The van der Waals surface area contributed by atoms with E-state index in [9.17, 15) is 24.0 Å². The van der Waals surface area contributed by atoms with Gasteiger partial charge in [0.05, 0.1) is 30.2 Å². The number of imide groups is 1. The number of nitrogens with zero attached hydrogens (tertiary/aromatic N) is 7. The number of carbonyl (C=O) groups is 5. The summed E-state index contributed by atoms with van der Waals surface area (Å²) in [5, 5.41) is 0. The molecule has 5 aliphatic heterocycles. The van der Waals surface area contributed by atoms with E-state index in [0.717, 1.165) is 131 Å². The topological polar surface area (TPSA) is 109 Å². The lowest BCUT2D eigenvalue weighted by atomic mass is 9.77. The molecule has 1 atom stereocenters. The van der Waals surface area contributed by atoms with Crippen LogP contribution in [0.4, 0.5) is 22.7 Å². The highest BCUT2D eigenvalue weighted by Gasteiger charge is 2.45. The van der Waals surface area contributed by atoms with Crippen molar-refractivity contribution in [3.63, 3.8) is 0 Å². The first-order chi connectivity index (χ1) is 28.6. The molecular weight excluding hydrogens is 743 g/mol. The molecule has 0 aromatic heterocycles. The number of fused-ring (bicyclic) bond motifs is 1. The van der Waals surface area contributed by atoms with Gasteiger partial charge in [-0.25, -0.2) is 4.85 Å². The summed E-state index contributed by atoms with van der Waals surface area (Å²) in [7, 11) is 0. The molecule has 5 fully saturated rings. The van der Waals surface area contributed by atoms with E-state index in [4.69, 9.17) is 6.57 Å². The molecular formula is C47H53N7O5. The van der Waals surface area contributed by atoms with Crippen LogP contribution in [-0.4, -0.2) is 122 Å². The molecule has 1 unspecified atom stereocenters. The molecule has 12 nitrogen and oxygen atoms in total. The van der Waals surface area contributed by atoms with Gasteiger partial charge < -0.3 is 19.6 Å². The molecule has 0 bridgehead atoms. The number of ketones is 2. The number of amides is 3. The predicted molar refractivity (Wildman–Crippen MR) is 226 cm³/mol. The molecule has 5 heterocycles. The number of rotatable bonds is 7. The Bertz CT molecular complexity index is 2210. The average molecular weight is 796 g/mol. The Morgan fingerprint density at radius 3 is 2.05 bits per heavy atom. The molecule has 3 amide bonds. The van der Waals surface area contributed by atoms with Gasteiger partial charge in [-0.3, -0.25) is 33.8 Å². The fourth-order valence-electron chi connectivity index (χ4n) is 10.5. The van der Waals surface area contributed by atoms with Crippen LogP contribution in [0.25, 0.3) is 4.85 Å². The molecule has 0 N–H and O–H groups in total. The molecule has 3 aromatic carbocycles. The molecule has 1 spiro atoms. The third kappa shape index (κ3) is 7.61. The zero-order valence-corrected chi connectivity index (χ0v) is 34.0. The van der Waals surface area contributed by atoms with Crippen molar-refractivity contribution in [2.45, 2.75) is 64.3 Å². The molecule has 12 heteroatoms. The fourth-order valence-corrected chi connectivity index (χ4v) is 10.5. The van der Waals surface area contributed by atoms with Gasteiger partial charge in [0.15, 0.2) is 11.5 Å². The largest absolute Gasteiger partial charge is 0.371 e. The van der Waals surface area contributed by atoms with Crippen LogP contribution in [0, 0.1) is 24.8 Å². The van der Waals surface area contributed by atoms with E-state index in [-0.39, 0.29) is 42.2 Å². The van der Waals surface area contributed by atoms with Crippen molar-refractivity contribution in [2.24, 2.45) is 11.3 Å². The number of Topliss-reactive ketones (excluding diaryl/α,β-unsaturated/α-hetero) is 2. The summed E-state index contributed by atoms with van der Waals surface area (Å²) < 4.78 is 0. The van der Waals surface area contributed by atoms with Gasteiger partial charge in [-0.2, -0.15) is 0 Å². The molecule has 1 saturated carbocycles. The summed E-state index contributed by atoms with van der Waals surface area (Å²) in [5.41, 5.74) is 6.72. The van der Waals surface area contributed by atoms with Crippen LogP contribution < -0.4 is 14.7 Å². The molecule has 306 valence electrons. The van der Waals surface area contributed by atoms with E-state index in [1.807, 2.05) is 42.2 Å². The van der Waals surface area contributed by atoms with Crippen LogP contribution >= 0.6 is 0 Å². The van der Waals surface area contributed by atoms with Gasteiger partial charge in [0.25, 0.3) is 17.7 Å². The van der Waals surface area contributed by atoms with Gasteiger partial charge >= 0.3 is 0 Å². The van der Waals surface area contributed by atoms with Gasteiger partial charge in [-0.05, 0) is 117 Å². The lowest BCUT2D eigenvalue weighted by Crippen LogP contribution is -2.49. The number of benzene rings is 3. The van der Waals surface area contributed by atoms with Crippen molar-refractivity contribution < 1.29 is 24.0 Å². The maximum atomic E-state index is 13.6. The molecule has 0 radical (unpaired) electrons. The zero-order chi connectivity index (χ0) is 40.8. The van der Waals surface area contributed by atoms with Crippen LogP contribution in [0.3, 0.4) is 0 Å². The number of piperidine rings is 2. The Kier molecular flexibility index (Phi) is 10.5. The first-order valence-electron chi connectivity index (χ1n) is 21.5. The van der Waals surface area contributed by atoms with Crippen molar-refractivity contribution in [3.8, 4) is 0 Å². The second kappa shape index (κ2) is 15.9. The van der Waals surface area contributed by atoms with Crippen LogP contribution in [0.15, 0.2) is 60.7 Å². The third-order valence-electron chi connectivity index (χ3n) is 14.2. The van der Waals surface area contributed by atoms with Crippen molar-refractivity contribution in [3.05, 3.63) is 94.3 Å². The minimum Gasteiger partial charge on any atom is -0.371 e. The highest BCUT2D eigenvalue weighted by Crippen LogP contribution is 2.43. The monoisotopic (exact) mass is 795 g/mol. The Balaban J connectivity index is 0.713. The Labute approximate surface area is 346 Å². The number of piperazine rings is 1. The molecule has 59 heavy (non-hydrogen) atoms. The number of carbonyl (C=O) groups excluding carboxylic acids is 5. The van der Waals surface area contributed by atoms with Crippen LogP contribution in [0.1, 0.15) is 88.0 Å². The van der Waals surface area contributed by atoms with Crippen LogP contribution in [0.2, 0.25) is 0 Å². The number of hydrogen-bond donors (Lipinski definition) is 0. The summed E-state index contributed by atoms with van der Waals surface area (Å²) in [6.45, 7) is 19.7. The average Bonchev–Trinajstić information content (AvgIpc) is 3.78. The van der Waals surface area contributed by atoms with Crippen molar-refractivity contribution in [2.75, 3.05) is 86.7 Å². The van der Waals surface area contributed by atoms with Gasteiger partial charge in [0.1, 0.15) is 5.78 Å². The van der Waals surface area contributed by atoms with Gasteiger partial charge in [0, 0.05) is 101 Å². The number of hydrogen-bond acceptors (Lipinski definition) is 9. The standard InChI is InChI=1S/C47H53N7O5/c1-32-27-36(8-11-41(32)48-2)53-22-17-47(31-53)15-20-52(21-16-47)44(57)34-3-5-35(6-4-34)51-25-23-49(24-26-51)30-33-13-18-50(19-14-33)37-7-10-39-40(28-37)46(59)54(45(39)58)42-12-9-38(55)29-43(42)56/h3-8,10-11,27-28,33,42H,9,12-26,29-31H2,1H3. The molecule has 6 aliphatic rings. The molecule has 9 rings (SSSR count). The van der Waals surface area contributed by atoms with E-state index in [1.54, 1.807) is 6.07 Å². The summed E-state index contributed by atoms with van der Waals surface area (Å²) in [6.07, 6.45) is 5.48. The first kappa shape index (κ1) is 38.9. The fraction of sp³-hybridized carbons (Fsp3) is 0.489. The second-order valence-corrected chi connectivity index (χ2v) is 17.8. The second-order valence-electron chi connectivity index (χ2n) is 17.8. The van der Waals surface area contributed by atoms with Crippen molar-refractivity contribution >= 4 is 52.0 Å². The molecule has 3 aromatic rings. The molecule has 1 aliphatic carbocycles. The van der Waals surface area contributed by atoms with Crippen molar-refractivity contribution in [1.29, 1.82) is 0 Å². The maximum Gasteiger partial charge on any atom is 0.262 e. The normalized spacial score (nSPS) is 22.7.